The molecule has 27 heavy (non-hydrogen) atoms. The Bertz CT molecular complexity index is 873. The van der Waals surface area contributed by atoms with Crippen molar-refractivity contribution in [2.24, 2.45) is 0 Å². The zero-order chi connectivity index (χ0) is 19.4. The summed E-state index contributed by atoms with van der Waals surface area (Å²) in [5, 5.41) is 11.4. The van der Waals surface area contributed by atoms with Crippen LogP contribution in [0, 0.1) is 10.1 Å². The number of nitrogens with zero attached hydrogens (tertiary/aromatic N) is 2. The highest BCUT2D eigenvalue weighted by atomic mass is 79.9. The Hall–Kier alpha value is -2.49. The van der Waals surface area contributed by atoms with Crippen LogP contribution in [0.4, 0.5) is 11.4 Å². The molecule has 1 aliphatic heterocycles. The number of amides is 1. The van der Waals surface area contributed by atoms with E-state index in [2.05, 4.69) is 15.9 Å². The van der Waals surface area contributed by atoms with Crippen molar-refractivity contribution in [1.82, 2.24) is 0 Å². The van der Waals surface area contributed by atoms with Crippen molar-refractivity contribution >= 4 is 33.2 Å². The van der Waals surface area contributed by atoms with Gasteiger partial charge in [0.15, 0.2) is 12.5 Å². The first kappa shape index (κ1) is 19.3. The molecule has 2 aromatic carbocycles. The summed E-state index contributed by atoms with van der Waals surface area (Å²) >= 11 is 3.39. The normalized spacial score (nSPS) is 13.0. The Kier molecular flexibility index (Phi) is 6.04. The van der Waals surface area contributed by atoms with E-state index >= 15 is 0 Å². The van der Waals surface area contributed by atoms with Crippen molar-refractivity contribution in [2.75, 3.05) is 32.0 Å². The summed E-state index contributed by atoms with van der Waals surface area (Å²) in [6.45, 7) is 0.938. The molecular weight excluding hydrogens is 420 g/mol. The fourth-order valence-corrected chi connectivity index (χ4v) is 3.15. The van der Waals surface area contributed by atoms with Crippen molar-refractivity contribution in [3.63, 3.8) is 0 Å². The number of benzene rings is 2. The summed E-state index contributed by atoms with van der Waals surface area (Å²) in [5.41, 5.74) is 1.66. The summed E-state index contributed by atoms with van der Waals surface area (Å²) in [5.74, 6) is -0.114. The highest BCUT2D eigenvalue weighted by molar-refractivity contribution is 9.10. The molecule has 0 atom stereocenters. The van der Waals surface area contributed by atoms with Gasteiger partial charge in [-0.05, 0) is 35.9 Å². The smallest absolute Gasteiger partial charge is 0.313 e. The molecule has 142 valence electrons. The fraction of sp³-hybridized carbons (Fsp3) is 0.278. The molecule has 0 unspecified atom stereocenters. The number of hydrogen-bond donors (Lipinski definition) is 0. The van der Waals surface area contributed by atoms with Gasteiger partial charge < -0.3 is 19.1 Å². The Labute approximate surface area is 163 Å². The molecule has 0 radical (unpaired) electrons. The van der Waals surface area contributed by atoms with Crippen molar-refractivity contribution in [3.8, 4) is 5.75 Å². The number of carbonyl (C=O) groups is 1. The number of ether oxygens (including phenoxy) is 3. The van der Waals surface area contributed by atoms with Crippen LogP contribution in [0.2, 0.25) is 0 Å². The third-order valence-corrected chi connectivity index (χ3v) is 4.55. The number of nitro groups is 1. The van der Waals surface area contributed by atoms with Crippen LogP contribution >= 0.6 is 15.9 Å². The second-order valence-corrected chi connectivity index (χ2v) is 6.68. The molecule has 0 saturated heterocycles. The van der Waals surface area contributed by atoms with Gasteiger partial charge in [0.1, 0.15) is 0 Å². The summed E-state index contributed by atoms with van der Waals surface area (Å²) in [4.78, 5) is 25.0. The van der Waals surface area contributed by atoms with Gasteiger partial charge in [0, 0.05) is 23.2 Å². The van der Waals surface area contributed by atoms with E-state index < -0.39 is 4.92 Å². The highest BCUT2D eigenvalue weighted by Crippen LogP contribution is 2.35. The maximum absolute atomic E-state index is 12.6. The number of methoxy groups -OCH3 is 1. The quantitative estimate of drug-likeness (QED) is 0.272. The van der Waals surface area contributed by atoms with Crippen LogP contribution in [0.15, 0.2) is 40.9 Å². The van der Waals surface area contributed by atoms with E-state index in [1.165, 1.54) is 17.0 Å². The fourth-order valence-electron chi connectivity index (χ4n) is 2.74. The van der Waals surface area contributed by atoms with Crippen LogP contribution in [0.5, 0.6) is 5.75 Å². The highest BCUT2D eigenvalue weighted by Gasteiger charge is 2.30. The van der Waals surface area contributed by atoms with Gasteiger partial charge in [0.2, 0.25) is 0 Å². The average molecular weight is 437 g/mol. The predicted octanol–water partition coefficient (Wildman–Crippen LogP) is 3.52. The van der Waals surface area contributed by atoms with E-state index in [0.29, 0.717) is 31.0 Å². The lowest BCUT2D eigenvalue weighted by Gasteiger charge is -2.16. The van der Waals surface area contributed by atoms with Crippen molar-refractivity contribution < 1.29 is 23.9 Å². The second kappa shape index (κ2) is 8.47. The maximum Gasteiger partial charge on any atom is 0.313 e. The number of anilines is 1. The lowest BCUT2D eigenvalue weighted by atomic mass is 10.1. The molecule has 0 bridgehead atoms. The Balaban J connectivity index is 1.78. The largest absolute Gasteiger partial charge is 0.460 e. The molecule has 0 N–H and O–H groups in total. The first-order valence-corrected chi connectivity index (χ1v) is 8.88. The van der Waals surface area contributed by atoms with E-state index in [9.17, 15) is 14.9 Å². The van der Waals surface area contributed by atoms with Crippen molar-refractivity contribution in [1.29, 1.82) is 0 Å². The SMILES string of the molecule is COCCOCOc1ccc(N2Cc3cc(Br)ccc3C2=O)cc1[N+](=O)[O-]. The van der Waals surface area contributed by atoms with Crippen LogP contribution in [-0.2, 0) is 16.0 Å². The molecule has 1 aliphatic rings. The number of carbonyl (C=O) groups excluding carboxylic acids is 1. The van der Waals surface area contributed by atoms with Crippen LogP contribution in [0.25, 0.3) is 0 Å². The van der Waals surface area contributed by atoms with E-state index in [1.54, 1.807) is 25.3 Å². The van der Waals surface area contributed by atoms with Crippen molar-refractivity contribution in [3.05, 3.63) is 62.1 Å². The van der Waals surface area contributed by atoms with E-state index in [-0.39, 0.29) is 24.1 Å². The standard InChI is InChI=1S/C18H17BrN2O6/c1-25-6-7-26-11-27-17-5-3-14(9-16(17)21(23)24)20-10-12-8-13(19)2-4-15(12)18(20)22/h2-5,8-9H,6-7,10-11H2,1H3. The number of rotatable bonds is 8. The van der Waals surface area contributed by atoms with Gasteiger partial charge in [-0.1, -0.05) is 15.9 Å². The van der Waals surface area contributed by atoms with Crippen LogP contribution < -0.4 is 9.64 Å². The van der Waals surface area contributed by atoms with E-state index in [4.69, 9.17) is 14.2 Å². The summed E-state index contributed by atoms with van der Waals surface area (Å²) in [6.07, 6.45) is 0. The Morgan fingerprint density at radius 2 is 2.04 bits per heavy atom. The molecular formula is C18H17BrN2O6. The number of nitro benzene ring substituents is 1. The molecule has 9 heteroatoms. The van der Waals surface area contributed by atoms with Crippen LogP contribution in [0.1, 0.15) is 15.9 Å². The molecule has 0 fully saturated rings. The third kappa shape index (κ3) is 4.26. The molecule has 8 nitrogen and oxygen atoms in total. The van der Waals surface area contributed by atoms with Crippen molar-refractivity contribution in [2.45, 2.75) is 6.54 Å². The summed E-state index contributed by atoms with van der Waals surface area (Å²) in [7, 11) is 1.55. The van der Waals surface area contributed by atoms with Crippen LogP contribution in [0.3, 0.4) is 0 Å². The molecule has 3 rings (SSSR count). The molecule has 0 spiro atoms. The van der Waals surface area contributed by atoms with Gasteiger partial charge in [-0.3, -0.25) is 14.9 Å². The van der Waals surface area contributed by atoms with E-state index in [1.807, 2.05) is 6.07 Å². The Morgan fingerprint density at radius 1 is 1.22 bits per heavy atom. The topological polar surface area (TPSA) is 91.1 Å². The zero-order valence-electron chi connectivity index (χ0n) is 14.5. The van der Waals surface area contributed by atoms with Gasteiger partial charge in [-0.25, -0.2) is 0 Å². The molecule has 1 heterocycles. The number of halogens is 1. The minimum absolute atomic E-state index is 0.0769. The van der Waals surface area contributed by atoms with Gasteiger partial charge in [-0.2, -0.15) is 0 Å². The van der Waals surface area contributed by atoms with Gasteiger partial charge in [-0.15, -0.1) is 0 Å². The summed E-state index contributed by atoms with van der Waals surface area (Å²) in [6, 6.07) is 9.84. The third-order valence-electron chi connectivity index (χ3n) is 4.05. The molecule has 0 saturated carbocycles. The van der Waals surface area contributed by atoms with Crippen LogP contribution in [-0.4, -0.2) is 37.9 Å². The first-order valence-electron chi connectivity index (χ1n) is 8.09. The van der Waals surface area contributed by atoms with E-state index in [0.717, 1.165) is 10.0 Å². The monoisotopic (exact) mass is 436 g/mol. The average Bonchev–Trinajstić information content (AvgIpc) is 2.97. The van der Waals surface area contributed by atoms with Gasteiger partial charge in [0.25, 0.3) is 5.91 Å². The summed E-state index contributed by atoms with van der Waals surface area (Å²) < 4.78 is 16.2. The molecule has 0 aromatic heterocycles. The Morgan fingerprint density at radius 3 is 2.78 bits per heavy atom. The molecule has 0 aliphatic carbocycles. The number of hydrogen-bond acceptors (Lipinski definition) is 6. The second-order valence-electron chi connectivity index (χ2n) is 5.77. The first-order chi connectivity index (χ1) is 13.0. The van der Waals surface area contributed by atoms with Gasteiger partial charge >= 0.3 is 5.69 Å². The zero-order valence-corrected chi connectivity index (χ0v) is 16.1. The lowest BCUT2D eigenvalue weighted by Crippen LogP contribution is -2.23. The minimum Gasteiger partial charge on any atom is -0.460 e. The lowest BCUT2D eigenvalue weighted by molar-refractivity contribution is -0.386. The van der Waals surface area contributed by atoms with Gasteiger partial charge in [0.05, 0.1) is 30.4 Å². The maximum atomic E-state index is 12.6. The molecule has 1 amide bonds. The molecule has 2 aromatic rings. The minimum atomic E-state index is -0.543. The predicted molar refractivity (Wildman–Crippen MR) is 101 cm³/mol. The number of fused-ring (bicyclic) bond motifs is 1.